The topological polar surface area (TPSA) is 98.6 Å². The van der Waals surface area contributed by atoms with E-state index in [0.29, 0.717) is 17.4 Å². The minimum Gasteiger partial charge on any atom is -0.494 e. The summed E-state index contributed by atoms with van der Waals surface area (Å²) in [5.41, 5.74) is 4.58. The number of hydrogen-bond acceptors (Lipinski definition) is 6. The van der Waals surface area contributed by atoms with E-state index in [1.807, 2.05) is 44.2 Å². The van der Waals surface area contributed by atoms with Gasteiger partial charge in [-0.25, -0.2) is 0 Å². The van der Waals surface area contributed by atoms with Gasteiger partial charge >= 0.3 is 0 Å². The van der Waals surface area contributed by atoms with Gasteiger partial charge in [0.2, 0.25) is 0 Å². The maximum Gasteiger partial charge on any atom is 0.273 e. The highest BCUT2D eigenvalue weighted by molar-refractivity contribution is 7.80. The van der Waals surface area contributed by atoms with Crippen LogP contribution in [0.1, 0.15) is 40.5 Å². The summed E-state index contributed by atoms with van der Waals surface area (Å²) < 4.78 is 13.2. The van der Waals surface area contributed by atoms with E-state index in [1.165, 1.54) is 19.2 Å². The van der Waals surface area contributed by atoms with Crippen molar-refractivity contribution in [2.24, 2.45) is 0 Å². The van der Waals surface area contributed by atoms with Crippen LogP contribution in [0.3, 0.4) is 0 Å². The van der Waals surface area contributed by atoms with E-state index in [9.17, 15) is 10.1 Å². The van der Waals surface area contributed by atoms with Crippen molar-refractivity contribution >= 4 is 23.0 Å². The predicted molar refractivity (Wildman–Crippen MR) is 138 cm³/mol. The van der Waals surface area contributed by atoms with Gasteiger partial charge in [-0.15, -0.1) is 0 Å². The number of benzene rings is 1. The molecule has 1 saturated heterocycles. The number of methoxy groups -OCH3 is 1. The van der Waals surface area contributed by atoms with E-state index in [0.717, 1.165) is 34.1 Å². The first kappa shape index (κ1) is 23.6. The Morgan fingerprint density at radius 3 is 2.69 bits per heavy atom. The second-order valence-electron chi connectivity index (χ2n) is 8.61. The first-order valence-electron chi connectivity index (χ1n) is 11.4. The van der Waals surface area contributed by atoms with Crippen molar-refractivity contribution in [1.82, 2.24) is 19.8 Å². The summed E-state index contributed by atoms with van der Waals surface area (Å²) >= 11 is 5.78. The molecule has 0 bridgehead atoms. The number of nitro benzene ring substituents is 1. The molecule has 1 N–H and O–H groups in total. The van der Waals surface area contributed by atoms with Gasteiger partial charge in [0.25, 0.3) is 5.69 Å². The zero-order valence-electron chi connectivity index (χ0n) is 20.0. The smallest absolute Gasteiger partial charge is 0.273 e. The minimum atomic E-state index is -0.428. The zero-order valence-corrected chi connectivity index (χ0v) is 20.9. The molecule has 1 aromatic carbocycles. The molecule has 0 aliphatic carbocycles. The van der Waals surface area contributed by atoms with Crippen molar-refractivity contribution in [3.05, 3.63) is 106 Å². The largest absolute Gasteiger partial charge is 0.494 e. The van der Waals surface area contributed by atoms with Gasteiger partial charge in [-0.3, -0.25) is 15.1 Å². The molecule has 0 saturated carbocycles. The highest BCUT2D eigenvalue weighted by Crippen LogP contribution is 2.43. The third-order valence-electron chi connectivity index (χ3n) is 6.51. The summed E-state index contributed by atoms with van der Waals surface area (Å²) in [6.45, 7) is 4.53. The van der Waals surface area contributed by atoms with Crippen molar-refractivity contribution in [1.29, 1.82) is 0 Å². The second kappa shape index (κ2) is 9.46. The third-order valence-corrected chi connectivity index (χ3v) is 6.86. The molecule has 1 aliphatic heterocycles. The molecule has 184 valence electrons. The number of rotatable bonds is 7. The van der Waals surface area contributed by atoms with Gasteiger partial charge in [0, 0.05) is 23.7 Å². The lowest BCUT2D eigenvalue weighted by Crippen LogP contribution is -2.29. The lowest BCUT2D eigenvalue weighted by molar-refractivity contribution is -0.384. The number of thiocarbonyl (C=S) groups is 1. The fourth-order valence-corrected chi connectivity index (χ4v) is 5.21. The van der Waals surface area contributed by atoms with Gasteiger partial charge in [-0.1, -0.05) is 6.07 Å². The van der Waals surface area contributed by atoms with Crippen LogP contribution in [0.4, 0.5) is 5.69 Å². The average molecular weight is 504 g/mol. The number of aromatic nitrogens is 2. The Morgan fingerprint density at radius 1 is 1.19 bits per heavy atom. The number of hydrogen-bond donors (Lipinski definition) is 1. The number of non-ortho nitro benzene ring substituents is 1. The summed E-state index contributed by atoms with van der Waals surface area (Å²) in [6, 6.07) is 16.1. The lowest BCUT2D eigenvalue weighted by Gasteiger charge is -2.27. The molecule has 9 nitrogen and oxygen atoms in total. The lowest BCUT2D eigenvalue weighted by atomic mass is 9.96. The Labute approximate surface area is 213 Å². The van der Waals surface area contributed by atoms with E-state index in [-0.39, 0.29) is 17.8 Å². The van der Waals surface area contributed by atoms with Crippen molar-refractivity contribution in [3.63, 3.8) is 0 Å². The molecule has 4 aromatic rings. The van der Waals surface area contributed by atoms with E-state index < -0.39 is 4.92 Å². The minimum absolute atomic E-state index is 0.0246. The normalized spacial score (nSPS) is 17.3. The summed E-state index contributed by atoms with van der Waals surface area (Å²) in [6.07, 6.45) is 3.43. The molecule has 36 heavy (non-hydrogen) atoms. The standard InChI is InChI=1S/C26H25N5O4S/c1-16-13-20(17(2)30(16)22-10-9-18(31(32)33)14-23(22)34-3)25-24(21-8-4-5-11-27-21)28-26(36)29(25)15-19-7-6-12-35-19/h4-14,24-25H,15H2,1-3H3,(H,28,36)/t24-,25+/m0/s1. The fourth-order valence-electron chi connectivity index (χ4n) is 4.91. The quantitative estimate of drug-likeness (QED) is 0.209. The molecule has 4 heterocycles. The number of pyridine rings is 1. The van der Waals surface area contributed by atoms with Crippen LogP contribution >= 0.6 is 12.2 Å². The Kier molecular flexibility index (Phi) is 6.19. The van der Waals surface area contributed by atoms with Crippen LogP contribution in [0, 0.1) is 24.0 Å². The van der Waals surface area contributed by atoms with E-state index in [4.69, 9.17) is 21.4 Å². The van der Waals surface area contributed by atoms with Gasteiger partial charge in [-0.2, -0.15) is 0 Å². The summed E-state index contributed by atoms with van der Waals surface area (Å²) in [5, 5.41) is 15.4. The van der Waals surface area contributed by atoms with Gasteiger partial charge in [-0.05, 0) is 68.0 Å². The van der Waals surface area contributed by atoms with E-state index in [1.54, 1.807) is 18.5 Å². The van der Waals surface area contributed by atoms with Crippen LogP contribution in [0.25, 0.3) is 5.69 Å². The fraction of sp³-hybridized carbons (Fsp3) is 0.231. The van der Waals surface area contributed by atoms with Crippen LogP contribution in [0.5, 0.6) is 5.75 Å². The van der Waals surface area contributed by atoms with Crippen LogP contribution in [-0.4, -0.2) is 31.6 Å². The molecule has 0 amide bonds. The predicted octanol–water partition coefficient (Wildman–Crippen LogP) is 5.17. The number of nitrogens with zero attached hydrogens (tertiary/aromatic N) is 4. The van der Waals surface area contributed by atoms with Gasteiger partial charge < -0.3 is 23.9 Å². The highest BCUT2D eigenvalue weighted by Gasteiger charge is 2.41. The summed E-state index contributed by atoms with van der Waals surface area (Å²) in [7, 11) is 1.51. The van der Waals surface area contributed by atoms with E-state index in [2.05, 4.69) is 25.8 Å². The zero-order chi connectivity index (χ0) is 25.4. The third kappa shape index (κ3) is 4.09. The highest BCUT2D eigenvalue weighted by atomic mass is 32.1. The summed E-state index contributed by atoms with van der Waals surface area (Å²) in [5.74, 6) is 1.23. The van der Waals surface area contributed by atoms with Crippen LogP contribution in [-0.2, 0) is 6.54 Å². The molecule has 5 rings (SSSR count). The Bertz CT molecular complexity index is 1420. The molecule has 0 unspecified atom stereocenters. The molecule has 2 atom stereocenters. The Balaban J connectivity index is 1.63. The Hall–Kier alpha value is -4.18. The molecular weight excluding hydrogens is 478 g/mol. The average Bonchev–Trinajstić information content (AvgIpc) is 3.58. The number of ether oxygens (including phenoxy) is 1. The summed E-state index contributed by atoms with van der Waals surface area (Å²) in [4.78, 5) is 17.6. The number of aryl methyl sites for hydroxylation is 1. The Morgan fingerprint density at radius 2 is 2.03 bits per heavy atom. The maximum atomic E-state index is 11.3. The molecule has 10 heteroatoms. The molecular formula is C26H25N5O4S. The molecule has 1 fully saturated rings. The SMILES string of the molecule is COc1cc([N+](=O)[O-])ccc1-n1c(C)cc([C@@H]2[C@H](c3ccccn3)NC(=S)N2Cc2ccco2)c1C. The van der Waals surface area contributed by atoms with Crippen molar-refractivity contribution in [3.8, 4) is 11.4 Å². The van der Waals surface area contributed by atoms with Crippen LogP contribution in [0.2, 0.25) is 0 Å². The van der Waals surface area contributed by atoms with Gasteiger partial charge in [0.15, 0.2) is 5.11 Å². The van der Waals surface area contributed by atoms with Crippen LogP contribution in [0.15, 0.2) is 71.5 Å². The molecule has 0 spiro atoms. The second-order valence-corrected chi connectivity index (χ2v) is 9.00. The monoisotopic (exact) mass is 503 g/mol. The number of nitrogens with one attached hydrogen (secondary N) is 1. The molecule has 1 aliphatic rings. The van der Waals surface area contributed by atoms with Crippen LogP contribution < -0.4 is 10.1 Å². The first-order chi connectivity index (χ1) is 17.4. The molecule has 0 radical (unpaired) electrons. The first-order valence-corrected chi connectivity index (χ1v) is 11.8. The van der Waals surface area contributed by atoms with Crippen molar-refractivity contribution < 1.29 is 14.1 Å². The van der Waals surface area contributed by atoms with Gasteiger partial charge in [0.05, 0.1) is 54.4 Å². The van der Waals surface area contributed by atoms with E-state index >= 15 is 0 Å². The van der Waals surface area contributed by atoms with Crippen molar-refractivity contribution in [2.45, 2.75) is 32.5 Å². The van der Waals surface area contributed by atoms with Gasteiger partial charge in [0.1, 0.15) is 11.5 Å². The molecule has 3 aromatic heterocycles. The van der Waals surface area contributed by atoms with Crippen molar-refractivity contribution in [2.75, 3.05) is 7.11 Å². The number of furan rings is 1. The number of nitro groups is 1. The maximum absolute atomic E-state index is 11.3.